The van der Waals surface area contributed by atoms with Gasteiger partial charge >= 0.3 is 0 Å². The number of aromatic nitrogens is 4. The standard InChI is InChI=1S/C9H11ClN4/c1-4-6-11-7-5(2)13-14(3)8(7)9(10)12-6/h4H2,1-3H3. The maximum Gasteiger partial charge on any atom is 0.158 e. The van der Waals surface area contributed by atoms with Gasteiger partial charge in [-0.2, -0.15) is 5.10 Å². The molecular formula is C9H11ClN4. The smallest absolute Gasteiger partial charge is 0.158 e. The molecule has 0 atom stereocenters. The third kappa shape index (κ3) is 1.26. The van der Waals surface area contributed by atoms with Gasteiger partial charge in [0.15, 0.2) is 5.15 Å². The zero-order valence-corrected chi connectivity index (χ0v) is 9.13. The van der Waals surface area contributed by atoms with E-state index in [1.807, 2.05) is 20.9 Å². The molecule has 4 nitrogen and oxygen atoms in total. The minimum Gasteiger partial charge on any atom is -0.263 e. The van der Waals surface area contributed by atoms with E-state index in [-0.39, 0.29) is 0 Å². The molecule has 5 heteroatoms. The predicted octanol–water partition coefficient (Wildman–Crippen LogP) is 1.89. The van der Waals surface area contributed by atoms with Crippen LogP contribution in [0.4, 0.5) is 0 Å². The Morgan fingerprint density at radius 3 is 2.71 bits per heavy atom. The van der Waals surface area contributed by atoms with Gasteiger partial charge in [-0.25, -0.2) is 9.97 Å². The molecule has 2 rings (SSSR count). The molecule has 2 heterocycles. The molecule has 0 aliphatic rings. The molecule has 74 valence electrons. The van der Waals surface area contributed by atoms with Crippen LogP contribution in [0.15, 0.2) is 0 Å². The van der Waals surface area contributed by atoms with Gasteiger partial charge < -0.3 is 0 Å². The second-order valence-electron chi connectivity index (χ2n) is 3.19. The number of halogens is 1. The molecule has 0 saturated carbocycles. The number of fused-ring (bicyclic) bond motifs is 1. The SMILES string of the molecule is CCc1nc(Cl)c2c(n1)c(C)nn2C. The lowest BCUT2D eigenvalue weighted by atomic mass is 10.3. The fourth-order valence-corrected chi connectivity index (χ4v) is 1.80. The van der Waals surface area contributed by atoms with Gasteiger partial charge in [-0.05, 0) is 6.92 Å². The number of hydrogen-bond donors (Lipinski definition) is 0. The Labute approximate surface area is 86.9 Å². The summed E-state index contributed by atoms with van der Waals surface area (Å²) in [5.74, 6) is 0.763. The van der Waals surface area contributed by atoms with E-state index in [0.717, 1.165) is 29.0 Å². The summed E-state index contributed by atoms with van der Waals surface area (Å²) in [6, 6.07) is 0. The summed E-state index contributed by atoms with van der Waals surface area (Å²) in [6.45, 7) is 3.92. The van der Waals surface area contributed by atoms with Crippen molar-refractivity contribution in [2.24, 2.45) is 7.05 Å². The van der Waals surface area contributed by atoms with Crippen LogP contribution in [0, 0.1) is 6.92 Å². The van der Waals surface area contributed by atoms with Gasteiger partial charge in [0.25, 0.3) is 0 Å². The quantitative estimate of drug-likeness (QED) is 0.676. The molecule has 14 heavy (non-hydrogen) atoms. The third-order valence-corrected chi connectivity index (χ3v) is 2.43. The van der Waals surface area contributed by atoms with E-state index >= 15 is 0 Å². The van der Waals surface area contributed by atoms with Gasteiger partial charge in [-0.3, -0.25) is 4.68 Å². The molecule has 0 fully saturated rings. The Kier molecular flexibility index (Phi) is 2.15. The van der Waals surface area contributed by atoms with E-state index < -0.39 is 0 Å². The Morgan fingerprint density at radius 1 is 1.36 bits per heavy atom. The average Bonchev–Trinajstić information content (AvgIpc) is 2.42. The third-order valence-electron chi connectivity index (χ3n) is 2.17. The van der Waals surface area contributed by atoms with Gasteiger partial charge in [0.2, 0.25) is 0 Å². The number of hydrogen-bond acceptors (Lipinski definition) is 3. The molecule has 0 N–H and O–H groups in total. The fourth-order valence-electron chi connectivity index (χ4n) is 1.49. The molecule has 2 aromatic heterocycles. The van der Waals surface area contributed by atoms with E-state index in [4.69, 9.17) is 11.6 Å². The molecule has 0 amide bonds. The maximum absolute atomic E-state index is 6.05. The second kappa shape index (κ2) is 3.20. The monoisotopic (exact) mass is 210 g/mol. The minimum atomic E-state index is 0.481. The topological polar surface area (TPSA) is 43.6 Å². The van der Waals surface area contributed by atoms with Crippen molar-refractivity contribution in [2.75, 3.05) is 0 Å². The van der Waals surface area contributed by atoms with Crippen LogP contribution in [0.2, 0.25) is 5.15 Å². The van der Waals surface area contributed by atoms with E-state index in [1.165, 1.54) is 0 Å². The van der Waals surface area contributed by atoms with E-state index in [9.17, 15) is 0 Å². The van der Waals surface area contributed by atoms with Crippen molar-refractivity contribution in [2.45, 2.75) is 20.3 Å². The zero-order chi connectivity index (χ0) is 10.3. The van der Waals surface area contributed by atoms with Crippen molar-refractivity contribution in [3.05, 3.63) is 16.7 Å². The van der Waals surface area contributed by atoms with Crippen LogP contribution in [0.25, 0.3) is 11.0 Å². The van der Waals surface area contributed by atoms with Crippen molar-refractivity contribution in [1.82, 2.24) is 19.7 Å². The van der Waals surface area contributed by atoms with Crippen molar-refractivity contribution >= 4 is 22.6 Å². The molecule has 2 aromatic rings. The van der Waals surface area contributed by atoms with Crippen molar-refractivity contribution in [3.8, 4) is 0 Å². The van der Waals surface area contributed by atoms with Crippen molar-refractivity contribution in [3.63, 3.8) is 0 Å². The lowest BCUT2D eigenvalue weighted by Gasteiger charge is -1.99. The van der Waals surface area contributed by atoms with Crippen molar-refractivity contribution in [1.29, 1.82) is 0 Å². The molecule has 0 spiro atoms. The molecule has 0 bridgehead atoms. The Morgan fingerprint density at radius 2 is 2.07 bits per heavy atom. The highest BCUT2D eigenvalue weighted by atomic mass is 35.5. The summed E-state index contributed by atoms with van der Waals surface area (Å²) in [5, 5.41) is 4.74. The fraction of sp³-hybridized carbons (Fsp3) is 0.444. The second-order valence-corrected chi connectivity index (χ2v) is 3.55. The number of aryl methyl sites for hydroxylation is 3. The van der Waals surface area contributed by atoms with Crippen LogP contribution in [0.5, 0.6) is 0 Å². The highest BCUT2D eigenvalue weighted by Gasteiger charge is 2.12. The van der Waals surface area contributed by atoms with Gasteiger partial charge in [0.05, 0.1) is 5.69 Å². The normalized spacial score (nSPS) is 11.1. The molecule has 0 aromatic carbocycles. The summed E-state index contributed by atoms with van der Waals surface area (Å²) in [4.78, 5) is 8.58. The first-order valence-electron chi connectivity index (χ1n) is 4.49. The first-order valence-corrected chi connectivity index (χ1v) is 4.87. The molecular weight excluding hydrogens is 200 g/mol. The summed E-state index contributed by atoms with van der Waals surface area (Å²) in [6.07, 6.45) is 0.782. The van der Waals surface area contributed by atoms with Crippen LogP contribution in [-0.2, 0) is 13.5 Å². The minimum absolute atomic E-state index is 0.481. The van der Waals surface area contributed by atoms with Crippen molar-refractivity contribution < 1.29 is 0 Å². The first-order chi connectivity index (χ1) is 6.63. The highest BCUT2D eigenvalue weighted by Crippen LogP contribution is 2.22. The maximum atomic E-state index is 6.05. The van der Waals surface area contributed by atoms with Crippen LogP contribution >= 0.6 is 11.6 Å². The Bertz CT molecular complexity index is 489. The number of rotatable bonds is 1. The van der Waals surface area contributed by atoms with Gasteiger partial charge in [0.1, 0.15) is 16.9 Å². The number of nitrogens with zero attached hydrogens (tertiary/aromatic N) is 4. The van der Waals surface area contributed by atoms with Gasteiger partial charge in [0, 0.05) is 13.5 Å². The highest BCUT2D eigenvalue weighted by molar-refractivity contribution is 6.33. The Balaban J connectivity index is 2.86. The van der Waals surface area contributed by atoms with Gasteiger partial charge in [-0.15, -0.1) is 0 Å². The summed E-state index contributed by atoms with van der Waals surface area (Å²) >= 11 is 6.05. The summed E-state index contributed by atoms with van der Waals surface area (Å²) < 4.78 is 1.71. The van der Waals surface area contributed by atoms with Crippen LogP contribution in [0.3, 0.4) is 0 Å². The average molecular weight is 211 g/mol. The van der Waals surface area contributed by atoms with Crippen LogP contribution in [-0.4, -0.2) is 19.7 Å². The lowest BCUT2D eigenvalue weighted by molar-refractivity contribution is 0.781. The molecule has 0 aliphatic carbocycles. The molecule has 0 saturated heterocycles. The first kappa shape index (κ1) is 9.40. The van der Waals surface area contributed by atoms with E-state index in [2.05, 4.69) is 15.1 Å². The Hall–Kier alpha value is -1.16. The largest absolute Gasteiger partial charge is 0.263 e. The zero-order valence-electron chi connectivity index (χ0n) is 8.37. The van der Waals surface area contributed by atoms with Gasteiger partial charge in [-0.1, -0.05) is 18.5 Å². The summed E-state index contributed by atoms with van der Waals surface area (Å²) in [5.41, 5.74) is 2.55. The van der Waals surface area contributed by atoms with E-state index in [1.54, 1.807) is 4.68 Å². The lowest BCUT2D eigenvalue weighted by Crippen LogP contribution is -1.96. The molecule has 0 unspecified atom stereocenters. The molecule has 0 radical (unpaired) electrons. The predicted molar refractivity (Wildman–Crippen MR) is 55.4 cm³/mol. The summed E-state index contributed by atoms with van der Waals surface area (Å²) in [7, 11) is 1.84. The molecule has 0 aliphatic heterocycles. The van der Waals surface area contributed by atoms with Crippen LogP contribution < -0.4 is 0 Å². The van der Waals surface area contributed by atoms with E-state index in [0.29, 0.717) is 5.15 Å². The van der Waals surface area contributed by atoms with Crippen LogP contribution in [0.1, 0.15) is 18.4 Å².